The second-order valence-corrected chi connectivity index (χ2v) is 6.31. The Morgan fingerprint density at radius 2 is 1.38 bits per heavy atom. The van der Waals surface area contributed by atoms with Crippen LogP contribution in [0.25, 0.3) is 0 Å². The summed E-state index contributed by atoms with van der Waals surface area (Å²) in [5.41, 5.74) is 0. The predicted molar refractivity (Wildman–Crippen MR) is 65.9 cm³/mol. The fraction of sp³-hybridized carbons (Fsp3) is 0. The molecule has 2 heterocycles. The fourth-order valence-corrected chi connectivity index (χ4v) is 3.69. The van der Waals surface area contributed by atoms with Crippen LogP contribution in [0.2, 0.25) is 0 Å². The van der Waals surface area contributed by atoms with E-state index in [2.05, 4.69) is 0 Å². The molecule has 0 atom stereocenters. The number of rotatable bonds is 2. The van der Waals surface area contributed by atoms with Crippen LogP contribution in [0.5, 0.6) is 0 Å². The van der Waals surface area contributed by atoms with Crippen LogP contribution in [-0.2, 0) is 4.74 Å². The van der Waals surface area contributed by atoms with Crippen molar-refractivity contribution in [3.05, 3.63) is 45.3 Å². The molecule has 0 saturated carbocycles. The molecule has 13 heavy (non-hydrogen) atoms. The van der Waals surface area contributed by atoms with Crippen molar-refractivity contribution in [2.24, 2.45) is 0 Å². The van der Waals surface area contributed by atoms with E-state index in [1.807, 2.05) is 35.1 Å². The van der Waals surface area contributed by atoms with Gasteiger partial charge in [0.2, 0.25) is 0 Å². The van der Waals surface area contributed by atoms with Crippen LogP contribution in [0, 0.1) is 0 Å². The Morgan fingerprint density at radius 1 is 0.846 bits per heavy atom. The summed E-state index contributed by atoms with van der Waals surface area (Å²) in [5, 5.41) is 5.97. The molecule has 0 aromatic rings. The zero-order valence-electron chi connectivity index (χ0n) is 6.51. The van der Waals surface area contributed by atoms with Crippen LogP contribution in [0.15, 0.2) is 45.3 Å². The number of ether oxygens (including phenoxy) is 1. The zero-order valence-corrected chi connectivity index (χ0v) is 9.77. The molecule has 2 aliphatic rings. The Morgan fingerprint density at radius 3 is 1.77 bits per heavy atom. The van der Waals surface area contributed by atoms with E-state index in [-0.39, 0.29) is 0 Å². The molecule has 0 aliphatic carbocycles. The normalized spacial score (nSPS) is 20.9. The van der Waals surface area contributed by atoms with E-state index in [4.69, 9.17) is 4.74 Å². The first-order chi connectivity index (χ1) is 6.45. The summed E-state index contributed by atoms with van der Waals surface area (Å²) in [6.45, 7) is 0. The Balaban J connectivity index is 1.96. The van der Waals surface area contributed by atoms with Crippen molar-refractivity contribution >= 4 is 43.2 Å². The highest BCUT2D eigenvalue weighted by Crippen LogP contribution is 2.41. The van der Waals surface area contributed by atoms with Crippen molar-refractivity contribution in [1.29, 1.82) is 0 Å². The maximum absolute atomic E-state index is 5.64. The largest absolute Gasteiger partial charge is 0.442 e. The third-order valence-corrected chi connectivity index (χ3v) is 4.92. The first-order valence-corrected chi connectivity index (χ1v) is 7.96. The molecule has 2 rings (SSSR count). The molecule has 0 fully saturated rings. The van der Waals surface area contributed by atoms with Gasteiger partial charge in [-0.25, -0.2) is 0 Å². The van der Waals surface area contributed by atoms with Crippen LogP contribution < -0.4 is 0 Å². The highest BCUT2D eigenvalue weighted by Gasteiger charge is 2.07. The average molecular weight is 246 g/mol. The van der Waals surface area contributed by atoms with E-state index in [0.29, 0.717) is 0 Å². The summed E-state index contributed by atoms with van der Waals surface area (Å²) < 4.78 is 5.64. The van der Waals surface area contributed by atoms with E-state index in [1.165, 1.54) is 0 Å². The Labute approximate surface area is 92.9 Å². The van der Waals surface area contributed by atoms with Crippen molar-refractivity contribution in [3.63, 3.8) is 0 Å². The van der Waals surface area contributed by atoms with Gasteiger partial charge in [-0.2, -0.15) is 0 Å². The Hall–Kier alpha value is 0.160. The molecule has 0 unspecified atom stereocenters. The van der Waals surface area contributed by atoms with Gasteiger partial charge in [0.25, 0.3) is 0 Å². The summed E-state index contributed by atoms with van der Waals surface area (Å²) >= 11 is 0. The van der Waals surface area contributed by atoms with Gasteiger partial charge in [0.15, 0.2) is 10.2 Å². The molecule has 0 spiro atoms. The summed E-state index contributed by atoms with van der Waals surface area (Å²) in [7, 11) is 6.62. The quantitative estimate of drug-likeness (QED) is 0.661. The van der Waals surface area contributed by atoms with E-state index in [0.717, 1.165) is 10.2 Å². The molecule has 0 aromatic carbocycles. The van der Waals surface area contributed by atoms with Gasteiger partial charge in [0.05, 0.1) is 0 Å². The minimum atomic E-state index is 0.946. The van der Waals surface area contributed by atoms with E-state index in [1.54, 1.807) is 43.2 Å². The van der Waals surface area contributed by atoms with Gasteiger partial charge in [0, 0.05) is 0 Å². The summed E-state index contributed by atoms with van der Waals surface area (Å²) in [6.07, 6.45) is 7.94. The van der Waals surface area contributed by atoms with Gasteiger partial charge in [-0.3, -0.25) is 0 Å². The topological polar surface area (TPSA) is 9.23 Å². The first kappa shape index (κ1) is 9.71. The molecular weight excluding hydrogens is 240 g/mol. The predicted octanol–water partition coefficient (Wildman–Crippen LogP) is 4.50. The lowest BCUT2D eigenvalue weighted by molar-refractivity contribution is 0.376. The second kappa shape index (κ2) is 5.14. The van der Waals surface area contributed by atoms with Crippen LogP contribution in [-0.4, -0.2) is 0 Å². The van der Waals surface area contributed by atoms with E-state index < -0.39 is 0 Å². The molecule has 0 aromatic heterocycles. The van der Waals surface area contributed by atoms with Gasteiger partial charge in [-0.05, 0) is 44.6 Å². The SMILES string of the molecule is C1=CSSC(OC2=CC=CSS2)=C1. The molecule has 0 radical (unpaired) electrons. The third kappa shape index (κ3) is 3.09. The zero-order chi connectivity index (χ0) is 8.93. The van der Waals surface area contributed by atoms with Crippen LogP contribution >= 0.6 is 43.2 Å². The molecule has 0 bridgehead atoms. The van der Waals surface area contributed by atoms with Crippen molar-refractivity contribution < 1.29 is 4.74 Å². The lowest BCUT2D eigenvalue weighted by Crippen LogP contribution is -1.86. The van der Waals surface area contributed by atoms with Gasteiger partial charge < -0.3 is 4.74 Å². The second-order valence-electron chi connectivity index (χ2n) is 2.09. The van der Waals surface area contributed by atoms with Gasteiger partial charge >= 0.3 is 0 Å². The van der Waals surface area contributed by atoms with Gasteiger partial charge in [-0.15, -0.1) is 0 Å². The highest BCUT2D eigenvalue weighted by atomic mass is 33.1. The number of hydrogen-bond acceptors (Lipinski definition) is 5. The molecular formula is C8H6OS4. The highest BCUT2D eigenvalue weighted by molar-refractivity contribution is 8.79. The summed E-state index contributed by atoms with van der Waals surface area (Å²) in [6, 6.07) is 0. The molecule has 0 saturated heterocycles. The Kier molecular flexibility index (Phi) is 3.84. The maximum atomic E-state index is 5.64. The molecule has 68 valence electrons. The van der Waals surface area contributed by atoms with Crippen molar-refractivity contribution in [1.82, 2.24) is 0 Å². The van der Waals surface area contributed by atoms with Crippen LogP contribution in [0.1, 0.15) is 0 Å². The minimum Gasteiger partial charge on any atom is -0.442 e. The fourth-order valence-electron chi connectivity index (χ4n) is 0.707. The standard InChI is InChI=1S/C8H6OS4/c1-3-7(12-10-5-1)9-8-4-2-6-11-13-8/h1-6H. The maximum Gasteiger partial charge on any atom is 0.172 e. The molecule has 2 aliphatic heterocycles. The van der Waals surface area contributed by atoms with Crippen molar-refractivity contribution in [3.8, 4) is 0 Å². The molecule has 1 nitrogen and oxygen atoms in total. The van der Waals surface area contributed by atoms with E-state index >= 15 is 0 Å². The average Bonchev–Trinajstić information content (AvgIpc) is 2.21. The molecule has 0 N–H and O–H groups in total. The summed E-state index contributed by atoms with van der Waals surface area (Å²) in [5.74, 6) is 0. The monoisotopic (exact) mass is 246 g/mol. The van der Waals surface area contributed by atoms with Crippen molar-refractivity contribution in [2.45, 2.75) is 0 Å². The number of allylic oxidation sites excluding steroid dienone is 4. The summed E-state index contributed by atoms with van der Waals surface area (Å²) in [4.78, 5) is 0. The number of hydrogen-bond donors (Lipinski definition) is 0. The molecule has 5 heteroatoms. The van der Waals surface area contributed by atoms with Crippen LogP contribution in [0.4, 0.5) is 0 Å². The van der Waals surface area contributed by atoms with E-state index in [9.17, 15) is 0 Å². The minimum absolute atomic E-state index is 0.946. The lowest BCUT2D eigenvalue weighted by Gasteiger charge is -2.12. The van der Waals surface area contributed by atoms with Gasteiger partial charge in [-0.1, -0.05) is 33.7 Å². The van der Waals surface area contributed by atoms with Crippen LogP contribution in [0.3, 0.4) is 0 Å². The van der Waals surface area contributed by atoms with Crippen molar-refractivity contribution in [2.75, 3.05) is 0 Å². The lowest BCUT2D eigenvalue weighted by atomic mass is 10.6. The third-order valence-electron chi connectivity index (χ3n) is 1.19. The molecule has 0 amide bonds. The van der Waals surface area contributed by atoms with Gasteiger partial charge in [0.1, 0.15) is 0 Å². The Bertz CT molecular complexity index is 273. The smallest absolute Gasteiger partial charge is 0.172 e. The first-order valence-electron chi connectivity index (χ1n) is 3.53.